The van der Waals surface area contributed by atoms with Crippen molar-refractivity contribution in [3.8, 4) is 5.75 Å². The Balaban J connectivity index is 2.63. The maximum absolute atomic E-state index is 11.1. The minimum Gasteiger partial charge on any atom is -0.493 e. The summed E-state index contributed by atoms with van der Waals surface area (Å²) in [5, 5.41) is 0. The lowest BCUT2D eigenvalue weighted by Crippen LogP contribution is -2.04. The van der Waals surface area contributed by atoms with Gasteiger partial charge in [-0.15, -0.1) is 0 Å². The predicted molar refractivity (Wildman–Crippen MR) is 80.0 cm³/mol. The molecule has 0 fully saturated rings. The number of unbranched alkanes of at least 4 members (excludes halogenated alkanes) is 4. The van der Waals surface area contributed by atoms with Crippen molar-refractivity contribution in [2.45, 2.75) is 57.8 Å². The lowest BCUT2D eigenvalue weighted by molar-refractivity contribution is 0.300. The van der Waals surface area contributed by atoms with Gasteiger partial charge in [0.05, 0.1) is 11.5 Å². The Morgan fingerprint density at radius 2 is 1.60 bits per heavy atom. The van der Waals surface area contributed by atoms with Gasteiger partial charge in [0.2, 0.25) is 0 Å². The van der Waals surface area contributed by atoms with Gasteiger partial charge in [0.1, 0.15) is 5.75 Å². The third kappa shape index (κ3) is 5.13. The number of hydrogen-bond acceptors (Lipinski definition) is 3. The highest BCUT2D eigenvalue weighted by molar-refractivity contribution is 7.85. The lowest BCUT2D eigenvalue weighted by atomic mass is 10.1. The lowest BCUT2D eigenvalue weighted by Gasteiger charge is -2.13. The second kappa shape index (κ2) is 7.64. The Hall–Kier alpha value is -1.07. The summed E-state index contributed by atoms with van der Waals surface area (Å²) >= 11 is 0. The van der Waals surface area contributed by atoms with Crippen LogP contribution in [0.15, 0.2) is 17.0 Å². The van der Waals surface area contributed by atoms with Crippen molar-refractivity contribution >= 4 is 10.1 Å². The molecule has 1 aromatic carbocycles. The van der Waals surface area contributed by atoms with E-state index in [0.717, 1.165) is 24.0 Å². The van der Waals surface area contributed by atoms with Crippen LogP contribution in [-0.4, -0.2) is 19.6 Å². The summed E-state index contributed by atoms with van der Waals surface area (Å²) in [7, 11) is -4.16. The SMILES string of the molecule is CCCCCCCOc1c(C)cc(S(=O)(=O)O)cc1C. The van der Waals surface area contributed by atoms with Gasteiger partial charge in [-0.3, -0.25) is 4.55 Å². The molecule has 0 unspecified atom stereocenters. The summed E-state index contributed by atoms with van der Waals surface area (Å²) in [6.45, 7) is 6.39. The molecule has 0 saturated carbocycles. The molecule has 114 valence electrons. The molecule has 20 heavy (non-hydrogen) atoms. The van der Waals surface area contributed by atoms with Gasteiger partial charge in [-0.25, -0.2) is 0 Å². The normalized spacial score (nSPS) is 11.6. The summed E-state index contributed by atoms with van der Waals surface area (Å²) in [6, 6.07) is 2.88. The van der Waals surface area contributed by atoms with E-state index >= 15 is 0 Å². The van der Waals surface area contributed by atoms with E-state index in [2.05, 4.69) is 6.92 Å². The highest BCUT2D eigenvalue weighted by Crippen LogP contribution is 2.27. The predicted octanol–water partition coefficient (Wildman–Crippen LogP) is 3.90. The van der Waals surface area contributed by atoms with Crippen LogP contribution < -0.4 is 4.74 Å². The average molecular weight is 300 g/mol. The van der Waals surface area contributed by atoms with Crippen molar-refractivity contribution in [3.63, 3.8) is 0 Å². The number of aryl methyl sites for hydroxylation is 2. The zero-order chi connectivity index (χ0) is 15.2. The maximum Gasteiger partial charge on any atom is 0.294 e. The van der Waals surface area contributed by atoms with Crippen LogP contribution in [0, 0.1) is 13.8 Å². The first-order chi connectivity index (χ1) is 9.36. The molecule has 0 radical (unpaired) electrons. The van der Waals surface area contributed by atoms with Crippen molar-refractivity contribution in [2.24, 2.45) is 0 Å². The third-order valence-corrected chi connectivity index (χ3v) is 4.06. The molecule has 5 heteroatoms. The molecule has 4 nitrogen and oxygen atoms in total. The monoisotopic (exact) mass is 300 g/mol. The van der Waals surface area contributed by atoms with Crippen LogP contribution in [0.5, 0.6) is 5.75 Å². The molecule has 0 bridgehead atoms. The van der Waals surface area contributed by atoms with Crippen molar-refractivity contribution in [3.05, 3.63) is 23.3 Å². The number of ether oxygens (including phenoxy) is 1. The molecule has 0 aromatic heterocycles. The summed E-state index contributed by atoms with van der Waals surface area (Å²) in [6.07, 6.45) is 5.84. The average Bonchev–Trinajstić information content (AvgIpc) is 2.34. The van der Waals surface area contributed by atoms with Gasteiger partial charge in [-0.1, -0.05) is 32.6 Å². The first-order valence-corrected chi connectivity index (χ1v) is 8.51. The molecule has 1 rings (SSSR count). The van der Waals surface area contributed by atoms with E-state index in [9.17, 15) is 8.42 Å². The van der Waals surface area contributed by atoms with Crippen LogP contribution in [-0.2, 0) is 10.1 Å². The zero-order valence-corrected chi connectivity index (χ0v) is 13.3. The van der Waals surface area contributed by atoms with E-state index in [1.54, 1.807) is 13.8 Å². The minimum absolute atomic E-state index is 0.0807. The fourth-order valence-electron chi connectivity index (χ4n) is 2.17. The molecule has 0 aliphatic carbocycles. The zero-order valence-electron chi connectivity index (χ0n) is 12.5. The van der Waals surface area contributed by atoms with E-state index in [-0.39, 0.29) is 4.90 Å². The van der Waals surface area contributed by atoms with Crippen molar-refractivity contribution in [1.82, 2.24) is 0 Å². The van der Waals surface area contributed by atoms with Gasteiger partial charge in [0, 0.05) is 0 Å². The summed E-state index contributed by atoms with van der Waals surface area (Å²) < 4.78 is 37.0. The summed E-state index contributed by atoms with van der Waals surface area (Å²) in [5.41, 5.74) is 1.46. The van der Waals surface area contributed by atoms with Gasteiger partial charge in [-0.2, -0.15) is 8.42 Å². The largest absolute Gasteiger partial charge is 0.493 e. The van der Waals surface area contributed by atoms with Crippen LogP contribution in [0.3, 0.4) is 0 Å². The highest BCUT2D eigenvalue weighted by atomic mass is 32.2. The summed E-state index contributed by atoms with van der Waals surface area (Å²) in [5.74, 6) is 0.716. The van der Waals surface area contributed by atoms with Crippen molar-refractivity contribution in [1.29, 1.82) is 0 Å². The fraction of sp³-hybridized carbons (Fsp3) is 0.600. The standard InChI is InChI=1S/C15H24O4S/c1-4-5-6-7-8-9-19-15-12(2)10-14(11-13(15)3)20(16,17)18/h10-11H,4-9H2,1-3H3,(H,16,17,18). The van der Waals surface area contributed by atoms with Crippen LogP contribution in [0.4, 0.5) is 0 Å². The highest BCUT2D eigenvalue weighted by Gasteiger charge is 2.14. The molecule has 0 atom stereocenters. The van der Waals surface area contributed by atoms with Crippen LogP contribution in [0.25, 0.3) is 0 Å². The quantitative estimate of drug-likeness (QED) is 0.584. The number of rotatable bonds is 8. The van der Waals surface area contributed by atoms with Crippen LogP contribution >= 0.6 is 0 Å². The number of benzene rings is 1. The number of hydrogen-bond donors (Lipinski definition) is 1. The molecule has 0 heterocycles. The van der Waals surface area contributed by atoms with Crippen molar-refractivity contribution in [2.75, 3.05) is 6.61 Å². The van der Waals surface area contributed by atoms with E-state index in [0.29, 0.717) is 12.4 Å². The first kappa shape index (κ1) is 17.0. The molecule has 0 aliphatic heterocycles. The summed E-state index contributed by atoms with van der Waals surface area (Å²) in [4.78, 5) is -0.0807. The van der Waals surface area contributed by atoms with E-state index in [4.69, 9.17) is 9.29 Å². The van der Waals surface area contributed by atoms with Gasteiger partial charge in [0.25, 0.3) is 10.1 Å². The topological polar surface area (TPSA) is 63.6 Å². The Bertz CT molecular complexity index is 512. The molecule has 1 N–H and O–H groups in total. The van der Waals surface area contributed by atoms with Crippen molar-refractivity contribution < 1.29 is 17.7 Å². The smallest absolute Gasteiger partial charge is 0.294 e. The van der Waals surface area contributed by atoms with Gasteiger partial charge in [0.15, 0.2) is 0 Å². The Morgan fingerprint density at radius 3 is 2.10 bits per heavy atom. The molecule has 0 amide bonds. The van der Waals surface area contributed by atoms with E-state index in [1.165, 1.54) is 31.4 Å². The van der Waals surface area contributed by atoms with Gasteiger partial charge >= 0.3 is 0 Å². The molecular weight excluding hydrogens is 276 g/mol. The minimum atomic E-state index is -4.16. The second-order valence-electron chi connectivity index (χ2n) is 5.12. The maximum atomic E-state index is 11.1. The molecular formula is C15H24O4S. The Labute approximate surface area is 121 Å². The molecule has 0 spiro atoms. The van der Waals surface area contributed by atoms with Gasteiger partial charge < -0.3 is 4.74 Å². The fourth-order valence-corrected chi connectivity index (χ4v) is 2.82. The molecule has 0 saturated heterocycles. The first-order valence-electron chi connectivity index (χ1n) is 7.07. The second-order valence-corrected chi connectivity index (χ2v) is 6.55. The third-order valence-electron chi connectivity index (χ3n) is 3.23. The van der Waals surface area contributed by atoms with Gasteiger partial charge in [-0.05, 0) is 43.5 Å². The van der Waals surface area contributed by atoms with E-state index < -0.39 is 10.1 Å². The Kier molecular flexibility index (Phi) is 6.49. The van der Waals surface area contributed by atoms with Crippen LogP contribution in [0.2, 0.25) is 0 Å². The Morgan fingerprint density at radius 1 is 1.05 bits per heavy atom. The molecule has 1 aromatic rings. The molecule has 0 aliphatic rings. The van der Waals surface area contributed by atoms with E-state index in [1.807, 2.05) is 0 Å². The van der Waals surface area contributed by atoms with Crippen LogP contribution in [0.1, 0.15) is 50.2 Å².